The summed E-state index contributed by atoms with van der Waals surface area (Å²) in [5, 5.41) is 0. The molecule has 146 valence electrons. The lowest BCUT2D eigenvalue weighted by Crippen LogP contribution is -2.44. The molecule has 1 heterocycles. The quantitative estimate of drug-likeness (QED) is 0.581. The molecule has 0 saturated heterocycles. The maximum absolute atomic E-state index is 13.9. The average molecular weight is 383 g/mol. The molecule has 29 heavy (non-hydrogen) atoms. The van der Waals surface area contributed by atoms with Crippen molar-refractivity contribution in [2.24, 2.45) is 0 Å². The van der Waals surface area contributed by atoms with Gasteiger partial charge in [0.15, 0.2) is 0 Å². The molecule has 0 bridgehead atoms. The number of hydrogen-bond donors (Lipinski definition) is 0. The van der Waals surface area contributed by atoms with Gasteiger partial charge in [0.05, 0.1) is 0 Å². The molecule has 0 aliphatic carbocycles. The van der Waals surface area contributed by atoms with Gasteiger partial charge in [-0.1, -0.05) is 66.7 Å². The van der Waals surface area contributed by atoms with E-state index in [0.717, 1.165) is 28.1 Å². The van der Waals surface area contributed by atoms with Gasteiger partial charge < -0.3 is 9.80 Å². The van der Waals surface area contributed by atoms with Gasteiger partial charge in [0.25, 0.3) is 0 Å². The van der Waals surface area contributed by atoms with Crippen LogP contribution in [0, 0.1) is 0 Å². The Labute approximate surface area is 172 Å². The van der Waals surface area contributed by atoms with Crippen molar-refractivity contribution in [2.45, 2.75) is 11.3 Å². The molecule has 3 heteroatoms. The van der Waals surface area contributed by atoms with Crippen molar-refractivity contribution >= 4 is 17.3 Å². The predicted molar refractivity (Wildman–Crippen MR) is 121 cm³/mol. The van der Waals surface area contributed by atoms with Gasteiger partial charge >= 0.3 is 0 Å². The van der Waals surface area contributed by atoms with Crippen LogP contribution in [0.15, 0.2) is 91.5 Å². The zero-order valence-corrected chi connectivity index (χ0v) is 17.2. The van der Waals surface area contributed by atoms with E-state index in [1.54, 1.807) is 4.90 Å². The van der Waals surface area contributed by atoms with Gasteiger partial charge in [-0.2, -0.15) is 0 Å². The van der Waals surface area contributed by atoms with E-state index < -0.39 is 5.41 Å². The number of carbonyl (C=O) groups is 1. The van der Waals surface area contributed by atoms with E-state index in [1.165, 1.54) is 0 Å². The highest BCUT2D eigenvalue weighted by atomic mass is 16.2. The third kappa shape index (κ3) is 2.77. The summed E-state index contributed by atoms with van der Waals surface area (Å²) in [6.45, 7) is 4.15. The minimum atomic E-state index is -0.848. The van der Waals surface area contributed by atoms with Gasteiger partial charge in [-0.25, -0.2) is 0 Å². The van der Waals surface area contributed by atoms with Crippen LogP contribution in [0.1, 0.15) is 22.6 Å². The van der Waals surface area contributed by atoms with Crippen LogP contribution in [0.4, 0.5) is 11.4 Å². The number of rotatable bonds is 5. The van der Waals surface area contributed by atoms with Gasteiger partial charge in [0.1, 0.15) is 5.41 Å². The molecule has 3 nitrogen and oxygen atoms in total. The zero-order valence-electron chi connectivity index (χ0n) is 17.2. The van der Waals surface area contributed by atoms with E-state index in [2.05, 4.69) is 53.9 Å². The number of nitrogens with zero attached hydrogens (tertiary/aromatic N) is 2. The van der Waals surface area contributed by atoms with Crippen molar-refractivity contribution in [1.29, 1.82) is 0 Å². The number of allylic oxidation sites excluding steroid dienone is 1. The molecule has 2 unspecified atom stereocenters. The number of benzene rings is 3. The van der Waals surface area contributed by atoms with Gasteiger partial charge in [-0.3, -0.25) is 4.79 Å². The predicted octanol–water partition coefficient (Wildman–Crippen LogP) is 4.98. The lowest BCUT2D eigenvalue weighted by Gasteiger charge is -2.36. The highest BCUT2D eigenvalue weighted by Gasteiger charge is 2.55. The van der Waals surface area contributed by atoms with E-state index in [9.17, 15) is 4.79 Å². The maximum Gasteiger partial charge on any atom is 0.242 e. The summed E-state index contributed by atoms with van der Waals surface area (Å²) in [5.74, 6) is -0.113. The molecule has 1 aliphatic rings. The fourth-order valence-electron chi connectivity index (χ4n) is 4.59. The van der Waals surface area contributed by atoms with E-state index >= 15 is 0 Å². The molecule has 0 aromatic heterocycles. The summed E-state index contributed by atoms with van der Waals surface area (Å²) in [6.07, 6.45) is 1.92. The van der Waals surface area contributed by atoms with Crippen LogP contribution in [0.2, 0.25) is 0 Å². The van der Waals surface area contributed by atoms with E-state index in [-0.39, 0.29) is 11.8 Å². The van der Waals surface area contributed by atoms with E-state index in [0.29, 0.717) is 0 Å². The Bertz CT molecular complexity index is 1040. The Hall–Kier alpha value is -3.33. The Balaban J connectivity index is 2.03. The fraction of sp³-hybridized carbons (Fsp3) is 0.192. The monoisotopic (exact) mass is 382 g/mol. The number of carbonyl (C=O) groups excluding carboxylic acids is 1. The average Bonchev–Trinajstić information content (AvgIpc) is 2.98. The highest BCUT2D eigenvalue weighted by Crippen LogP contribution is 2.53. The third-order valence-electron chi connectivity index (χ3n) is 6.03. The van der Waals surface area contributed by atoms with Crippen LogP contribution in [0.25, 0.3) is 0 Å². The first-order valence-corrected chi connectivity index (χ1v) is 9.84. The van der Waals surface area contributed by atoms with E-state index in [4.69, 9.17) is 0 Å². The lowest BCUT2D eigenvalue weighted by molar-refractivity contribution is -0.121. The van der Waals surface area contributed by atoms with Gasteiger partial charge in [-0.15, -0.1) is 6.58 Å². The molecule has 3 aromatic carbocycles. The number of likely N-dealkylation sites (N-methyl/N-ethyl adjacent to an activating group) is 1. The van der Waals surface area contributed by atoms with Crippen molar-refractivity contribution in [1.82, 2.24) is 0 Å². The Morgan fingerprint density at radius 3 is 2.17 bits per heavy atom. The molecule has 2 atom stereocenters. The first kappa shape index (κ1) is 19.0. The molecule has 1 amide bonds. The van der Waals surface area contributed by atoms with Crippen molar-refractivity contribution in [3.63, 3.8) is 0 Å². The SMILES string of the molecule is C=CC(c1ccccc1)C1(c2ccc(N(C)C)cc2)C(=O)N(C)c2ccccc21. The van der Waals surface area contributed by atoms with Crippen LogP contribution in [0.3, 0.4) is 0 Å². The summed E-state index contributed by atoms with van der Waals surface area (Å²) in [6, 6.07) is 26.6. The fourth-order valence-corrected chi connectivity index (χ4v) is 4.59. The van der Waals surface area contributed by atoms with Crippen molar-refractivity contribution in [2.75, 3.05) is 30.9 Å². The number of amides is 1. The topological polar surface area (TPSA) is 23.6 Å². The smallest absolute Gasteiger partial charge is 0.242 e. The molecule has 4 rings (SSSR count). The molecule has 0 spiro atoms. The highest BCUT2D eigenvalue weighted by molar-refractivity contribution is 6.11. The van der Waals surface area contributed by atoms with Crippen molar-refractivity contribution in [3.8, 4) is 0 Å². The summed E-state index contributed by atoms with van der Waals surface area (Å²) in [7, 11) is 5.90. The first-order chi connectivity index (χ1) is 14.0. The minimum absolute atomic E-state index is 0.0741. The van der Waals surface area contributed by atoms with Crippen LogP contribution in [-0.2, 0) is 10.2 Å². The third-order valence-corrected chi connectivity index (χ3v) is 6.03. The Morgan fingerprint density at radius 1 is 0.931 bits per heavy atom. The van der Waals surface area contributed by atoms with Crippen LogP contribution >= 0.6 is 0 Å². The van der Waals surface area contributed by atoms with Crippen molar-refractivity contribution in [3.05, 3.63) is 108 Å². The standard InChI is InChI=1S/C26H26N2O/c1-5-22(19-11-7-6-8-12-19)26(20-15-17-21(18-16-20)27(2)3)23-13-9-10-14-24(23)28(4)25(26)29/h5-18,22H,1H2,2-4H3. The number of fused-ring (bicyclic) bond motifs is 1. The van der Waals surface area contributed by atoms with Crippen LogP contribution in [-0.4, -0.2) is 27.1 Å². The number of para-hydroxylation sites is 1. The Kier molecular flexibility index (Phi) is 4.75. The molecule has 0 N–H and O–H groups in total. The maximum atomic E-state index is 13.9. The van der Waals surface area contributed by atoms with Crippen molar-refractivity contribution < 1.29 is 4.79 Å². The van der Waals surface area contributed by atoms with Crippen LogP contribution < -0.4 is 9.80 Å². The first-order valence-electron chi connectivity index (χ1n) is 9.84. The largest absolute Gasteiger partial charge is 0.378 e. The number of hydrogen-bond acceptors (Lipinski definition) is 2. The molecule has 3 aromatic rings. The zero-order chi connectivity index (χ0) is 20.6. The molecular formula is C26H26N2O. The lowest BCUT2D eigenvalue weighted by atomic mass is 9.64. The Morgan fingerprint density at radius 2 is 1.55 bits per heavy atom. The van der Waals surface area contributed by atoms with Gasteiger partial charge in [0, 0.05) is 38.4 Å². The summed E-state index contributed by atoms with van der Waals surface area (Å²) in [5.41, 5.74) is 4.30. The molecule has 0 saturated carbocycles. The van der Waals surface area contributed by atoms with Gasteiger partial charge in [0.2, 0.25) is 5.91 Å². The molecule has 0 radical (unpaired) electrons. The summed E-state index contributed by atoms with van der Waals surface area (Å²) < 4.78 is 0. The van der Waals surface area contributed by atoms with Gasteiger partial charge in [-0.05, 0) is 34.9 Å². The number of anilines is 2. The summed E-state index contributed by atoms with van der Waals surface area (Å²) in [4.78, 5) is 17.8. The normalized spacial score (nSPS) is 19.0. The second-order valence-electron chi connectivity index (χ2n) is 7.75. The molecular weight excluding hydrogens is 356 g/mol. The van der Waals surface area contributed by atoms with E-state index in [1.807, 2.05) is 63.6 Å². The summed E-state index contributed by atoms with van der Waals surface area (Å²) >= 11 is 0. The van der Waals surface area contributed by atoms with Crippen LogP contribution in [0.5, 0.6) is 0 Å². The minimum Gasteiger partial charge on any atom is -0.378 e. The second-order valence-corrected chi connectivity index (χ2v) is 7.75. The second kappa shape index (κ2) is 7.25. The molecule has 1 aliphatic heterocycles. The molecule has 0 fully saturated rings.